The lowest BCUT2D eigenvalue weighted by Gasteiger charge is -2.16. The molecule has 0 aliphatic carbocycles. The second-order valence-corrected chi connectivity index (χ2v) is 6.40. The van der Waals surface area contributed by atoms with Crippen LogP contribution >= 0.6 is 50.7 Å². The van der Waals surface area contributed by atoms with Gasteiger partial charge >= 0.3 is 6.18 Å². The Morgan fingerprint density at radius 3 is 2.24 bits per heavy atom. The summed E-state index contributed by atoms with van der Waals surface area (Å²) in [5, 5.41) is -0.0673. The average molecular weight is 418 g/mol. The van der Waals surface area contributed by atoms with Gasteiger partial charge in [-0.2, -0.15) is 13.2 Å². The van der Waals surface area contributed by atoms with Crippen LogP contribution in [0, 0.1) is 0 Å². The summed E-state index contributed by atoms with van der Waals surface area (Å²) in [6.07, 6.45) is -4.46. The SMILES string of the molecule is FC(F)(F)c1cc(C(Cl)c2ccc(Cl)cc2Cl)ccc1Br. The molecule has 2 rings (SSSR count). The summed E-state index contributed by atoms with van der Waals surface area (Å²) in [6.45, 7) is 0. The minimum absolute atomic E-state index is 0.0372. The van der Waals surface area contributed by atoms with Gasteiger partial charge in [0.15, 0.2) is 0 Å². The summed E-state index contributed by atoms with van der Waals surface area (Å²) in [6, 6.07) is 8.52. The van der Waals surface area contributed by atoms with Crippen molar-refractivity contribution in [3.8, 4) is 0 Å². The molecule has 0 fully saturated rings. The van der Waals surface area contributed by atoms with Crippen molar-refractivity contribution in [1.29, 1.82) is 0 Å². The molecule has 0 bridgehead atoms. The summed E-state index contributed by atoms with van der Waals surface area (Å²) in [5.41, 5.74) is 0.0188. The van der Waals surface area contributed by atoms with Gasteiger partial charge in [-0.25, -0.2) is 0 Å². The lowest BCUT2D eigenvalue weighted by atomic mass is 10.0. The van der Waals surface area contributed by atoms with E-state index in [2.05, 4.69) is 15.9 Å². The molecule has 21 heavy (non-hydrogen) atoms. The molecule has 0 spiro atoms. The highest BCUT2D eigenvalue weighted by molar-refractivity contribution is 9.10. The van der Waals surface area contributed by atoms with Crippen LogP contribution in [0.3, 0.4) is 0 Å². The highest BCUT2D eigenvalue weighted by Crippen LogP contribution is 2.40. The lowest BCUT2D eigenvalue weighted by molar-refractivity contribution is -0.138. The molecule has 0 aromatic heterocycles. The number of halogens is 7. The van der Waals surface area contributed by atoms with Gasteiger partial charge in [-0.15, -0.1) is 11.6 Å². The van der Waals surface area contributed by atoms with E-state index in [-0.39, 0.29) is 4.47 Å². The minimum atomic E-state index is -4.46. The molecule has 0 aliphatic rings. The Hall–Kier alpha value is -0.420. The maximum absolute atomic E-state index is 12.9. The van der Waals surface area contributed by atoms with Crippen LogP contribution in [0.2, 0.25) is 10.0 Å². The smallest absolute Gasteiger partial charge is 0.166 e. The molecule has 112 valence electrons. The number of hydrogen-bond donors (Lipinski definition) is 0. The first-order valence-corrected chi connectivity index (χ1v) is 7.64. The van der Waals surface area contributed by atoms with E-state index >= 15 is 0 Å². The van der Waals surface area contributed by atoms with Crippen molar-refractivity contribution in [2.75, 3.05) is 0 Å². The highest BCUT2D eigenvalue weighted by Gasteiger charge is 2.33. The van der Waals surface area contributed by atoms with Gasteiger partial charge in [0.05, 0.1) is 10.9 Å². The van der Waals surface area contributed by atoms with E-state index in [0.717, 1.165) is 6.07 Å². The van der Waals surface area contributed by atoms with Crippen molar-refractivity contribution in [3.63, 3.8) is 0 Å². The first-order chi connectivity index (χ1) is 9.70. The van der Waals surface area contributed by atoms with Crippen molar-refractivity contribution in [3.05, 3.63) is 67.6 Å². The normalized spacial score (nSPS) is 13.3. The van der Waals surface area contributed by atoms with Crippen molar-refractivity contribution in [1.82, 2.24) is 0 Å². The van der Waals surface area contributed by atoms with Gasteiger partial charge in [0.2, 0.25) is 0 Å². The van der Waals surface area contributed by atoms with Gasteiger partial charge in [-0.1, -0.05) is 51.3 Å². The van der Waals surface area contributed by atoms with Gasteiger partial charge in [0.1, 0.15) is 0 Å². The van der Waals surface area contributed by atoms with Crippen molar-refractivity contribution in [2.24, 2.45) is 0 Å². The van der Waals surface area contributed by atoms with Gasteiger partial charge in [-0.05, 0) is 35.4 Å². The quantitative estimate of drug-likeness (QED) is 0.456. The van der Waals surface area contributed by atoms with Crippen LogP contribution in [0.1, 0.15) is 22.1 Å². The molecule has 1 unspecified atom stereocenters. The molecule has 2 aromatic rings. The van der Waals surface area contributed by atoms with Gasteiger partial charge in [-0.3, -0.25) is 0 Å². The molecule has 0 amide bonds. The van der Waals surface area contributed by atoms with Crippen LogP contribution in [-0.4, -0.2) is 0 Å². The van der Waals surface area contributed by atoms with E-state index in [1.165, 1.54) is 18.2 Å². The van der Waals surface area contributed by atoms with Crippen LogP contribution in [0.5, 0.6) is 0 Å². The molecule has 0 radical (unpaired) electrons. The molecule has 0 aliphatic heterocycles. The standard InChI is InChI=1S/C14H7BrCl3F3/c15-11-4-1-7(5-10(11)14(19,20)21)13(18)9-3-2-8(16)6-12(9)17/h1-6,13H. The summed E-state index contributed by atoms with van der Waals surface area (Å²) < 4.78 is 38.7. The van der Waals surface area contributed by atoms with Crippen molar-refractivity contribution >= 4 is 50.7 Å². The Bertz CT molecular complexity index is 671. The molecule has 7 heteroatoms. The molecule has 0 heterocycles. The topological polar surface area (TPSA) is 0 Å². The van der Waals surface area contributed by atoms with E-state index in [9.17, 15) is 13.2 Å². The van der Waals surface area contributed by atoms with E-state index in [1.807, 2.05) is 0 Å². The summed E-state index contributed by atoms with van der Waals surface area (Å²) in [5.74, 6) is 0. The highest BCUT2D eigenvalue weighted by atomic mass is 79.9. The molecule has 0 nitrogen and oxygen atoms in total. The number of rotatable bonds is 2. The van der Waals surface area contributed by atoms with Crippen LogP contribution < -0.4 is 0 Å². The Balaban J connectivity index is 2.46. The second-order valence-electron chi connectivity index (χ2n) is 4.27. The Labute approximate surface area is 142 Å². The van der Waals surface area contributed by atoms with Crippen molar-refractivity contribution in [2.45, 2.75) is 11.6 Å². The molecule has 0 saturated heterocycles. The summed E-state index contributed by atoms with van der Waals surface area (Å²) in [4.78, 5) is 0. The maximum Gasteiger partial charge on any atom is 0.417 e. The van der Waals surface area contributed by atoms with Gasteiger partial charge < -0.3 is 0 Å². The number of alkyl halides is 4. The zero-order valence-corrected chi connectivity index (χ0v) is 14.0. The predicted octanol–water partition coefficient (Wildman–Crippen LogP) is 7.10. The zero-order chi connectivity index (χ0) is 15.8. The van der Waals surface area contributed by atoms with Crippen LogP contribution in [0.15, 0.2) is 40.9 Å². The fourth-order valence-corrected chi connectivity index (χ4v) is 3.18. The van der Waals surface area contributed by atoms with Gasteiger partial charge in [0, 0.05) is 14.5 Å². The first-order valence-electron chi connectivity index (χ1n) is 5.66. The third-order valence-electron chi connectivity index (χ3n) is 2.82. The molecule has 1 atom stereocenters. The first kappa shape index (κ1) is 16.9. The third-order valence-corrected chi connectivity index (χ3v) is 4.57. The molecular weight excluding hydrogens is 411 g/mol. The van der Waals surface area contributed by atoms with E-state index in [4.69, 9.17) is 34.8 Å². The maximum atomic E-state index is 12.9. The molecule has 2 aromatic carbocycles. The average Bonchev–Trinajstić information content (AvgIpc) is 2.37. The van der Waals surface area contributed by atoms with E-state index in [0.29, 0.717) is 21.2 Å². The van der Waals surface area contributed by atoms with Crippen LogP contribution in [0.4, 0.5) is 13.2 Å². The Kier molecular flexibility index (Phi) is 5.14. The number of hydrogen-bond acceptors (Lipinski definition) is 0. The molecule has 0 N–H and O–H groups in total. The Morgan fingerprint density at radius 1 is 1.00 bits per heavy atom. The van der Waals surface area contributed by atoms with Crippen molar-refractivity contribution < 1.29 is 13.2 Å². The lowest BCUT2D eigenvalue weighted by Crippen LogP contribution is -2.07. The third kappa shape index (κ3) is 3.86. The minimum Gasteiger partial charge on any atom is -0.166 e. The second kappa shape index (κ2) is 6.37. The fraction of sp³-hybridized carbons (Fsp3) is 0.143. The molecule has 0 saturated carbocycles. The van der Waals surface area contributed by atoms with Crippen LogP contribution in [-0.2, 0) is 6.18 Å². The monoisotopic (exact) mass is 416 g/mol. The summed E-state index contributed by atoms with van der Waals surface area (Å²) in [7, 11) is 0. The van der Waals surface area contributed by atoms with Crippen LogP contribution in [0.25, 0.3) is 0 Å². The number of benzene rings is 2. The Morgan fingerprint density at radius 2 is 1.67 bits per heavy atom. The summed E-state index contributed by atoms with van der Waals surface area (Å²) >= 11 is 21.0. The fourth-order valence-electron chi connectivity index (χ4n) is 1.80. The van der Waals surface area contributed by atoms with E-state index in [1.54, 1.807) is 12.1 Å². The largest absolute Gasteiger partial charge is 0.417 e. The van der Waals surface area contributed by atoms with Gasteiger partial charge in [0.25, 0.3) is 0 Å². The molecular formula is C14H7BrCl3F3. The van der Waals surface area contributed by atoms with E-state index < -0.39 is 17.1 Å². The predicted molar refractivity (Wildman–Crippen MR) is 83.3 cm³/mol. The zero-order valence-electron chi connectivity index (χ0n) is 10.2.